The van der Waals surface area contributed by atoms with E-state index in [2.05, 4.69) is 117 Å². The van der Waals surface area contributed by atoms with Crippen molar-refractivity contribution in [3.05, 3.63) is 94.9 Å². The number of amides is 1. The van der Waals surface area contributed by atoms with Crippen molar-refractivity contribution in [1.29, 1.82) is 0 Å². The smallest absolute Gasteiger partial charge is 0.220 e. The van der Waals surface area contributed by atoms with Gasteiger partial charge >= 0.3 is 0 Å². The van der Waals surface area contributed by atoms with E-state index in [9.17, 15) is 9.59 Å². The van der Waals surface area contributed by atoms with Crippen molar-refractivity contribution in [3.8, 4) is 0 Å². The SMILES string of the molecule is C=C(/C=C(/C=C\C)c1ccccc1CCC)Sc1ccccc1CC.CCC(=O)CC.CCCOCCOCCOCCNC(=O)CCCCC1SCC2NC=NC21. The Morgan fingerprint density at radius 1 is 0.897 bits per heavy atom. The molecule has 0 radical (unpaired) electrons. The number of carbonyl (C=O) groups excluding carboxylic acids is 2. The van der Waals surface area contributed by atoms with Crippen LogP contribution in [-0.2, 0) is 36.6 Å². The molecule has 1 amide bonds. The monoisotopic (exact) mass is 835 g/mol. The first-order valence-electron chi connectivity index (χ1n) is 21.6. The van der Waals surface area contributed by atoms with Gasteiger partial charge in [-0.25, -0.2) is 0 Å². The molecule has 2 aliphatic rings. The summed E-state index contributed by atoms with van der Waals surface area (Å²) in [6.07, 6.45) is 17.8. The Bertz CT molecular complexity index is 1540. The van der Waals surface area contributed by atoms with Gasteiger partial charge < -0.3 is 24.8 Å². The second-order valence-corrected chi connectivity index (χ2v) is 16.6. The molecule has 0 spiro atoms. The predicted molar refractivity (Wildman–Crippen MR) is 249 cm³/mol. The first-order valence-corrected chi connectivity index (χ1v) is 23.5. The number of hydrogen-bond acceptors (Lipinski definition) is 9. The van der Waals surface area contributed by atoms with Gasteiger partial charge in [-0.3, -0.25) is 14.6 Å². The number of unbranched alkanes of at least 4 members (excludes halogenated alkanes) is 1. The quantitative estimate of drug-likeness (QED) is 0.0549. The lowest BCUT2D eigenvalue weighted by atomic mass is 9.96. The van der Waals surface area contributed by atoms with E-state index in [0.717, 1.165) is 62.2 Å². The summed E-state index contributed by atoms with van der Waals surface area (Å²) >= 11 is 3.77. The first kappa shape index (κ1) is 51.0. The fraction of sp³-hybridized carbons (Fsp3) is 0.562. The first-order chi connectivity index (χ1) is 28.3. The average Bonchev–Trinajstić information content (AvgIpc) is 3.87. The van der Waals surface area contributed by atoms with Gasteiger partial charge in [-0.05, 0) is 73.4 Å². The standard InChI is InChI=1S/C24H28S.C19H35N3O4S.C5H10O/c1-5-12-21-15-8-10-16-23(21)22(13-6-2)18-19(4)25-24-17-11-9-14-20(24)7-3;1-2-8-24-10-12-26-13-11-25-9-7-20-18(23)6-4-3-5-17-19-16(14-27-17)21-15-22-19;1-3-5(6)4-2/h6,8-11,13-18H,4-5,7,12H2,1-3H3;15-17,19H,2-14H2,1H3,(H,20,23)(H,21,22);3-4H2,1-2H3/b13-6-,22-18-;;. The Morgan fingerprint density at radius 3 is 2.22 bits per heavy atom. The molecule has 0 aliphatic carbocycles. The van der Waals surface area contributed by atoms with Crippen molar-refractivity contribution in [2.45, 2.75) is 128 Å². The Hall–Kier alpha value is -3.15. The fourth-order valence-corrected chi connectivity index (χ4v) is 8.85. The lowest BCUT2D eigenvalue weighted by Crippen LogP contribution is -2.32. The highest BCUT2D eigenvalue weighted by Gasteiger charge is 2.37. The van der Waals surface area contributed by atoms with E-state index >= 15 is 0 Å². The number of benzene rings is 2. The Balaban J connectivity index is 0.000000351. The number of ether oxygens (including phenoxy) is 3. The van der Waals surface area contributed by atoms with E-state index in [0.29, 0.717) is 82.0 Å². The summed E-state index contributed by atoms with van der Waals surface area (Å²) in [5.74, 6) is 1.60. The zero-order valence-corrected chi connectivity index (χ0v) is 38.0. The van der Waals surface area contributed by atoms with Gasteiger partial charge in [0.15, 0.2) is 0 Å². The molecule has 1 saturated heterocycles. The number of ketones is 1. The number of carbonyl (C=O) groups is 2. The normalized spacial score (nSPS) is 16.9. The molecule has 2 heterocycles. The van der Waals surface area contributed by atoms with Gasteiger partial charge in [-0.2, -0.15) is 11.8 Å². The third-order valence-corrected chi connectivity index (χ3v) is 12.0. The number of allylic oxidation sites excluding steroid dienone is 4. The van der Waals surface area contributed by atoms with Crippen molar-refractivity contribution >= 4 is 47.1 Å². The van der Waals surface area contributed by atoms with Crippen LogP contribution in [0.1, 0.15) is 110 Å². The zero-order valence-electron chi connectivity index (χ0n) is 36.4. The van der Waals surface area contributed by atoms with E-state index in [-0.39, 0.29) is 5.91 Å². The van der Waals surface area contributed by atoms with Crippen LogP contribution in [0, 0.1) is 0 Å². The fourth-order valence-electron chi connectivity index (χ4n) is 6.35. The number of fused-ring (bicyclic) bond motifs is 1. The lowest BCUT2D eigenvalue weighted by Gasteiger charge is -2.14. The molecule has 2 aromatic carbocycles. The highest BCUT2D eigenvalue weighted by molar-refractivity contribution is 8.03. The summed E-state index contributed by atoms with van der Waals surface area (Å²) in [5, 5.41) is 6.83. The third kappa shape index (κ3) is 21.2. The minimum atomic E-state index is 0.112. The van der Waals surface area contributed by atoms with Crippen LogP contribution in [0.3, 0.4) is 0 Å². The molecule has 0 saturated carbocycles. The molecule has 58 heavy (non-hydrogen) atoms. The summed E-state index contributed by atoms with van der Waals surface area (Å²) in [6.45, 7) is 20.8. The van der Waals surface area contributed by atoms with Gasteiger partial charge in [0.1, 0.15) is 5.78 Å². The molecule has 2 aromatic rings. The van der Waals surface area contributed by atoms with Crippen molar-refractivity contribution < 1.29 is 23.8 Å². The molecule has 3 unspecified atom stereocenters. The van der Waals surface area contributed by atoms with Crippen LogP contribution in [0.2, 0.25) is 0 Å². The molecule has 10 heteroatoms. The van der Waals surface area contributed by atoms with E-state index in [4.69, 9.17) is 14.2 Å². The highest BCUT2D eigenvalue weighted by Crippen LogP contribution is 2.35. The van der Waals surface area contributed by atoms with Crippen LogP contribution in [0.25, 0.3) is 5.57 Å². The van der Waals surface area contributed by atoms with E-state index in [1.165, 1.54) is 27.2 Å². The molecule has 8 nitrogen and oxygen atoms in total. The second kappa shape index (κ2) is 32.7. The van der Waals surface area contributed by atoms with Crippen molar-refractivity contribution in [1.82, 2.24) is 10.6 Å². The summed E-state index contributed by atoms with van der Waals surface area (Å²) in [6, 6.07) is 18.3. The summed E-state index contributed by atoms with van der Waals surface area (Å²) < 4.78 is 16.2. The van der Waals surface area contributed by atoms with Crippen molar-refractivity contribution in [2.75, 3.05) is 51.9 Å². The van der Waals surface area contributed by atoms with Crippen LogP contribution in [0.4, 0.5) is 0 Å². The van der Waals surface area contributed by atoms with Crippen LogP contribution in [-0.4, -0.2) is 87.3 Å². The van der Waals surface area contributed by atoms with E-state index < -0.39 is 0 Å². The molecular formula is C48H73N3O5S2. The molecule has 2 N–H and O–H groups in total. The number of thioether (sulfide) groups is 2. The predicted octanol–water partition coefficient (Wildman–Crippen LogP) is 10.4. The van der Waals surface area contributed by atoms with Crippen LogP contribution < -0.4 is 10.6 Å². The topological polar surface area (TPSA) is 98.3 Å². The Kier molecular flexibility index (Phi) is 28.7. The summed E-state index contributed by atoms with van der Waals surface area (Å²) in [5.41, 5.74) is 5.33. The van der Waals surface area contributed by atoms with Gasteiger partial charge in [0.05, 0.1) is 51.5 Å². The number of Topliss-reactive ketones (excluding diaryl/α,β-unsaturated/α-hetero) is 1. The van der Waals surface area contributed by atoms with Gasteiger partial charge in [0, 0.05) is 53.2 Å². The minimum absolute atomic E-state index is 0.112. The molecule has 4 rings (SSSR count). The molecule has 2 aliphatic heterocycles. The maximum atomic E-state index is 11.8. The summed E-state index contributed by atoms with van der Waals surface area (Å²) in [7, 11) is 0. The zero-order chi connectivity index (χ0) is 42.2. The van der Waals surface area contributed by atoms with Gasteiger partial charge in [-0.1, -0.05) is 120 Å². The van der Waals surface area contributed by atoms with Gasteiger partial charge in [0.2, 0.25) is 5.91 Å². The molecule has 0 bridgehead atoms. The van der Waals surface area contributed by atoms with Crippen LogP contribution >= 0.6 is 23.5 Å². The number of nitrogens with zero attached hydrogens (tertiary/aromatic N) is 1. The lowest BCUT2D eigenvalue weighted by molar-refractivity contribution is -0.121. The number of aliphatic imine (C=N–C) groups is 1. The highest BCUT2D eigenvalue weighted by atomic mass is 32.2. The van der Waals surface area contributed by atoms with E-state index in [1.807, 2.05) is 31.9 Å². The third-order valence-electron chi connectivity index (χ3n) is 9.52. The average molecular weight is 836 g/mol. The van der Waals surface area contributed by atoms with Crippen molar-refractivity contribution in [2.24, 2.45) is 4.99 Å². The van der Waals surface area contributed by atoms with Gasteiger partial charge in [-0.15, -0.1) is 0 Å². The van der Waals surface area contributed by atoms with E-state index in [1.54, 1.807) is 11.8 Å². The van der Waals surface area contributed by atoms with Crippen LogP contribution in [0.15, 0.2) is 88.1 Å². The molecule has 3 atom stereocenters. The number of hydrogen-bond donors (Lipinski definition) is 2. The largest absolute Gasteiger partial charge is 0.379 e. The molecular weight excluding hydrogens is 763 g/mol. The number of rotatable bonds is 26. The Labute approximate surface area is 359 Å². The van der Waals surface area contributed by atoms with Crippen LogP contribution in [0.5, 0.6) is 0 Å². The Morgan fingerprint density at radius 2 is 1.57 bits per heavy atom. The number of nitrogens with one attached hydrogen (secondary N) is 2. The number of aryl methyl sites for hydroxylation is 2. The maximum absolute atomic E-state index is 11.8. The van der Waals surface area contributed by atoms with Gasteiger partial charge in [0.25, 0.3) is 0 Å². The molecule has 1 fully saturated rings. The second-order valence-electron chi connectivity index (χ2n) is 14.1. The maximum Gasteiger partial charge on any atom is 0.220 e. The van der Waals surface area contributed by atoms with Crippen molar-refractivity contribution in [3.63, 3.8) is 0 Å². The molecule has 0 aromatic heterocycles. The summed E-state index contributed by atoms with van der Waals surface area (Å²) in [4.78, 5) is 28.9. The molecule has 322 valence electrons. The minimum Gasteiger partial charge on any atom is -0.379 e.